The quantitative estimate of drug-likeness (QED) is 0.484. The zero-order valence-electron chi connectivity index (χ0n) is 6.18. The van der Waals surface area contributed by atoms with Crippen molar-refractivity contribution in [3.63, 3.8) is 0 Å². The summed E-state index contributed by atoms with van der Waals surface area (Å²) in [6.07, 6.45) is 2.66. The second kappa shape index (κ2) is 2.42. The molecule has 9 heavy (non-hydrogen) atoms. The second-order valence-corrected chi connectivity index (χ2v) is 2.88. The Morgan fingerprint density at radius 3 is 2.67 bits per heavy atom. The van der Waals surface area contributed by atoms with Crippen molar-refractivity contribution < 1.29 is 4.74 Å². The van der Waals surface area contributed by atoms with Gasteiger partial charge in [0.1, 0.15) is 0 Å². The van der Waals surface area contributed by atoms with Gasteiger partial charge in [0.15, 0.2) is 0 Å². The molecule has 0 N–H and O–H groups in total. The highest BCUT2D eigenvalue weighted by molar-refractivity contribution is 4.89. The smallest absolute Gasteiger partial charge is 0.0979 e. The molecule has 0 saturated carbocycles. The maximum Gasteiger partial charge on any atom is 0.0979 e. The Bertz CT molecular complexity index is 118. The summed E-state index contributed by atoms with van der Waals surface area (Å²) < 4.78 is 5.40. The lowest BCUT2D eigenvalue weighted by atomic mass is 9.97. The molecule has 1 nitrogen and oxygen atoms in total. The van der Waals surface area contributed by atoms with Crippen molar-refractivity contribution in [2.45, 2.75) is 32.8 Å². The number of hydrogen-bond donors (Lipinski definition) is 0. The molecule has 0 aromatic carbocycles. The fourth-order valence-electron chi connectivity index (χ4n) is 1.06. The van der Waals surface area contributed by atoms with E-state index < -0.39 is 0 Å². The minimum atomic E-state index is 0.381. The fourth-order valence-corrected chi connectivity index (χ4v) is 1.06. The SMILES string of the molecule is C=C1CCC(C)C(C)O1. The lowest BCUT2D eigenvalue weighted by Crippen LogP contribution is -2.22. The Labute approximate surface area is 56.7 Å². The van der Waals surface area contributed by atoms with E-state index in [0.717, 1.165) is 12.2 Å². The molecule has 0 aromatic heterocycles. The maximum atomic E-state index is 5.40. The van der Waals surface area contributed by atoms with Crippen molar-refractivity contribution in [3.05, 3.63) is 12.3 Å². The minimum Gasteiger partial charge on any atom is -0.495 e. The molecule has 1 aliphatic rings. The van der Waals surface area contributed by atoms with Crippen LogP contribution in [0.1, 0.15) is 26.7 Å². The van der Waals surface area contributed by atoms with E-state index in [2.05, 4.69) is 20.4 Å². The van der Waals surface area contributed by atoms with Gasteiger partial charge in [-0.05, 0) is 19.3 Å². The van der Waals surface area contributed by atoms with E-state index in [1.165, 1.54) is 6.42 Å². The van der Waals surface area contributed by atoms with Crippen LogP contribution >= 0.6 is 0 Å². The third-order valence-electron chi connectivity index (χ3n) is 2.03. The highest BCUT2D eigenvalue weighted by Gasteiger charge is 2.19. The van der Waals surface area contributed by atoms with E-state index >= 15 is 0 Å². The first-order valence-corrected chi connectivity index (χ1v) is 3.54. The molecule has 0 radical (unpaired) electrons. The molecular formula is C8H14O. The van der Waals surface area contributed by atoms with Gasteiger partial charge < -0.3 is 4.74 Å². The highest BCUT2D eigenvalue weighted by Crippen LogP contribution is 2.25. The van der Waals surface area contributed by atoms with Gasteiger partial charge in [0.25, 0.3) is 0 Å². The first-order chi connectivity index (χ1) is 4.20. The monoisotopic (exact) mass is 126 g/mol. The second-order valence-electron chi connectivity index (χ2n) is 2.88. The van der Waals surface area contributed by atoms with Crippen LogP contribution in [-0.2, 0) is 4.74 Å². The summed E-state index contributed by atoms with van der Waals surface area (Å²) in [5, 5.41) is 0. The third-order valence-corrected chi connectivity index (χ3v) is 2.03. The number of rotatable bonds is 0. The Hall–Kier alpha value is -0.460. The molecule has 2 atom stereocenters. The molecule has 1 aliphatic heterocycles. The predicted octanol–water partition coefficient (Wildman–Crippen LogP) is 2.34. The van der Waals surface area contributed by atoms with Crippen LogP contribution in [0.25, 0.3) is 0 Å². The lowest BCUT2D eigenvalue weighted by molar-refractivity contribution is 0.0461. The summed E-state index contributed by atoms with van der Waals surface area (Å²) in [6.45, 7) is 8.10. The van der Waals surface area contributed by atoms with Crippen molar-refractivity contribution in [1.82, 2.24) is 0 Å². The molecule has 0 spiro atoms. The molecule has 1 heterocycles. The highest BCUT2D eigenvalue weighted by atomic mass is 16.5. The maximum absolute atomic E-state index is 5.40. The van der Waals surface area contributed by atoms with Gasteiger partial charge in [0.05, 0.1) is 11.9 Å². The number of allylic oxidation sites excluding steroid dienone is 1. The summed E-state index contributed by atoms with van der Waals surface area (Å²) in [6, 6.07) is 0. The van der Waals surface area contributed by atoms with Crippen molar-refractivity contribution >= 4 is 0 Å². The van der Waals surface area contributed by atoms with Gasteiger partial charge in [0.2, 0.25) is 0 Å². The van der Waals surface area contributed by atoms with Gasteiger partial charge >= 0.3 is 0 Å². The molecule has 0 amide bonds. The zero-order chi connectivity index (χ0) is 6.85. The average molecular weight is 126 g/mol. The summed E-state index contributed by atoms with van der Waals surface area (Å²) in [5.74, 6) is 1.66. The van der Waals surface area contributed by atoms with Crippen LogP contribution < -0.4 is 0 Å². The van der Waals surface area contributed by atoms with Crippen LogP contribution in [0, 0.1) is 5.92 Å². The molecule has 2 unspecified atom stereocenters. The Kier molecular flexibility index (Phi) is 1.79. The van der Waals surface area contributed by atoms with Gasteiger partial charge in [-0.25, -0.2) is 0 Å². The number of ether oxygens (including phenoxy) is 1. The van der Waals surface area contributed by atoms with Gasteiger partial charge in [-0.3, -0.25) is 0 Å². The first-order valence-electron chi connectivity index (χ1n) is 3.54. The Balaban J connectivity index is 2.44. The normalized spacial score (nSPS) is 36.0. The molecule has 0 bridgehead atoms. The number of hydrogen-bond acceptors (Lipinski definition) is 1. The predicted molar refractivity (Wildman–Crippen MR) is 38.1 cm³/mol. The van der Waals surface area contributed by atoms with E-state index in [4.69, 9.17) is 4.74 Å². The van der Waals surface area contributed by atoms with Gasteiger partial charge in [0, 0.05) is 6.42 Å². The summed E-state index contributed by atoms with van der Waals surface area (Å²) >= 11 is 0. The van der Waals surface area contributed by atoms with Gasteiger partial charge in [-0.15, -0.1) is 0 Å². The summed E-state index contributed by atoms with van der Waals surface area (Å²) in [4.78, 5) is 0. The first kappa shape index (κ1) is 6.66. The van der Waals surface area contributed by atoms with Crippen molar-refractivity contribution in [3.8, 4) is 0 Å². The summed E-state index contributed by atoms with van der Waals surface area (Å²) in [7, 11) is 0. The third kappa shape index (κ3) is 1.47. The van der Waals surface area contributed by atoms with E-state index in [0.29, 0.717) is 12.0 Å². The minimum absolute atomic E-state index is 0.381. The van der Waals surface area contributed by atoms with Gasteiger partial charge in [-0.2, -0.15) is 0 Å². The van der Waals surface area contributed by atoms with Crippen molar-refractivity contribution in [1.29, 1.82) is 0 Å². The molecule has 0 aliphatic carbocycles. The Morgan fingerprint density at radius 1 is 1.56 bits per heavy atom. The van der Waals surface area contributed by atoms with Crippen LogP contribution in [0.5, 0.6) is 0 Å². The van der Waals surface area contributed by atoms with Crippen LogP contribution in [0.15, 0.2) is 12.3 Å². The van der Waals surface area contributed by atoms with E-state index in [-0.39, 0.29) is 0 Å². The molecule has 52 valence electrons. The van der Waals surface area contributed by atoms with Gasteiger partial charge in [-0.1, -0.05) is 13.5 Å². The van der Waals surface area contributed by atoms with Crippen LogP contribution in [0.4, 0.5) is 0 Å². The Morgan fingerprint density at radius 2 is 2.22 bits per heavy atom. The molecule has 1 rings (SSSR count). The average Bonchev–Trinajstić information content (AvgIpc) is 1.80. The van der Waals surface area contributed by atoms with Crippen LogP contribution in [-0.4, -0.2) is 6.10 Å². The molecule has 1 saturated heterocycles. The van der Waals surface area contributed by atoms with E-state index in [9.17, 15) is 0 Å². The molecule has 0 aromatic rings. The molecule has 1 fully saturated rings. The summed E-state index contributed by atoms with van der Waals surface area (Å²) in [5.41, 5.74) is 0. The van der Waals surface area contributed by atoms with Crippen LogP contribution in [0.2, 0.25) is 0 Å². The zero-order valence-corrected chi connectivity index (χ0v) is 6.18. The van der Waals surface area contributed by atoms with Crippen molar-refractivity contribution in [2.75, 3.05) is 0 Å². The largest absolute Gasteiger partial charge is 0.495 e. The fraction of sp³-hybridized carbons (Fsp3) is 0.750. The van der Waals surface area contributed by atoms with Crippen molar-refractivity contribution in [2.24, 2.45) is 5.92 Å². The van der Waals surface area contributed by atoms with E-state index in [1.54, 1.807) is 0 Å². The van der Waals surface area contributed by atoms with Crippen LogP contribution in [0.3, 0.4) is 0 Å². The lowest BCUT2D eigenvalue weighted by Gasteiger charge is -2.28. The standard InChI is InChI=1S/C8H14O/c1-6-4-5-7(2)9-8(6)3/h6,8H,2,4-5H2,1,3H3. The van der Waals surface area contributed by atoms with E-state index in [1.807, 2.05) is 0 Å². The molecule has 1 heteroatoms. The molecular weight excluding hydrogens is 112 g/mol. The topological polar surface area (TPSA) is 9.23 Å².